The van der Waals surface area contributed by atoms with Gasteiger partial charge < -0.3 is 0 Å². The maximum absolute atomic E-state index is 12.3. The lowest BCUT2D eigenvalue weighted by atomic mass is 10.1. The van der Waals surface area contributed by atoms with Crippen molar-refractivity contribution >= 4 is 17.1 Å². The van der Waals surface area contributed by atoms with Crippen LogP contribution in [0.3, 0.4) is 0 Å². The molecule has 1 aromatic rings. The van der Waals surface area contributed by atoms with Crippen molar-refractivity contribution in [2.75, 3.05) is 0 Å². The van der Waals surface area contributed by atoms with Gasteiger partial charge in [-0.25, -0.2) is 0 Å². The van der Waals surface area contributed by atoms with Crippen LogP contribution in [-0.2, 0) is 11.3 Å². The van der Waals surface area contributed by atoms with E-state index in [0.29, 0.717) is 11.8 Å². The van der Waals surface area contributed by atoms with E-state index in [9.17, 15) is 4.79 Å². The third kappa shape index (κ3) is 2.83. The van der Waals surface area contributed by atoms with Crippen LogP contribution >= 0.6 is 11.3 Å². The maximum atomic E-state index is 12.3. The zero-order valence-corrected chi connectivity index (χ0v) is 11.6. The quantitative estimate of drug-likeness (QED) is 0.773. The van der Waals surface area contributed by atoms with Crippen LogP contribution in [0.2, 0.25) is 0 Å². The fourth-order valence-electron chi connectivity index (χ4n) is 2.97. The van der Waals surface area contributed by atoms with Gasteiger partial charge in [-0.1, -0.05) is 18.9 Å². The molecule has 3 rings (SSSR count). The Morgan fingerprint density at radius 1 is 1.22 bits per heavy atom. The van der Waals surface area contributed by atoms with Crippen LogP contribution in [0.1, 0.15) is 49.8 Å². The molecule has 0 spiro atoms. The van der Waals surface area contributed by atoms with E-state index in [1.807, 2.05) is 11.3 Å². The molecule has 1 heterocycles. The SMILES string of the molecule is O=C1CCCCCC1N(Cc1cccs1)C1CC1. The molecule has 1 atom stereocenters. The lowest BCUT2D eigenvalue weighted by Crippen LogP contribution is -2.41. The molecule has 2 saturated carbocycles. The number of Topliss-reactive ketones (excluding diaryl/α,β-unsaturated/α-hetero) is 1. The number of thiophene rings is 1. The van der Waals surface area contributed by atoms with Crippen molar-refractivity contribution in [3.05, 3.63) is 22.4 Å². The Labute approximate surface area is 113 Å². The van der Waals surface area contributed by atoms with E-state index in [2.05, 4.69) is 22.4 Å². The van der Waals surface area contributed by atoms with Gasteiger partial charge in [0.2, 0.25) is 0 Å². The Morgan fingerprint density at radius 2 is 2.11 bits per heavy atom. The molecule has 0 amide bonds. The first-order chi connectivity index (χ1) is 8.84. The molecule has 0 aliphatic heterocycles. The Bertz CT molecular complexity index is 397. The molecule has 0 aromatic carbocycles. The van der Waals surface area contributed by atoms with Gasteiger partial charge in [-0.2, -0.15) is 0 Å². The molecule has 0 bridgehead atoms. The van der Waals surface area contributed by atoms with Crippen molar-refractivity contribution in [3.8, 4) is 0 Å². The third-order valence-corrected chi connectivity index (χ3v) is 4.97. The fraction of sp³-hybridized carbons (Fsp3) is 0.667. The normalized spacial score (nSPS) is 25.4. The molecule has 0 N–H and O–H groups in total. The van der Waals surface area contributed by atoms with Crippen molar-refractivity contribution < 1.29 is 4.79 Å². The van der Waals surface area contributed by atoms with Crippen molar-refractivity contribution in [1.82, 2.24) is 4.90 Å². The van der Waals surface area contributed by atoms with Crippen LogP contribution in [-0.4, -0.2) is 22.8 Å². The van der Waals surface area contributed by atoms with E-state index >= 15 is 0 Å². The van der Waals surface area contributed by atoms with Gasteiger partial charge in [0.1, 0.15) is 5.78 Å². The largest absolute Gasteiger partial charge is 0.298 e. The molecule has 2 aliphatic carbocycles. The van der Waals surface area contributed by atoms with E-state index in [4.69, 9.17) is 0 Å². The fourth-order valence-corrected chi connectivity index (χ4v) is 3.69. The molecule has 2 nitrogen and oxygen atoms in total. The number of ketones is 1. The summed E-state index contributed by atoms with van der Waals surface area (Å²) in [6.45, 7) is 0.985. The zero-order chi connectivity index (χ0) is 12.4. The van der Waals surface area contributed by atoms with Gasteiger partial charge in [0.25, 0.3) is 0 Å². The van der Waals surface area contributed by atoms with Crippen molar-refractivity contribution in [1.29, 1.82) is 0 Å². The molecule has 98 valence electrons. The topological polar surface area (TPSA) is 20.3 Å². The first-order valence-electron chi connectivity index (χ1n) is 7.15. The molecule has 1 aromatic heterocycles. The zero-order valence-electron chi connectivity index (χ0n) is 10.8. The van der Waals surface area contributed by atoms with Crippen molar-refractivity contribution in [2.45, 2.75) is 63.6 Å². The second kappa shape index (κ2) is 5.54. The summed E-state index contributed by atoms with van der Waals surface area (Å²) in [5, 5.41) is 2.13. The highest BCUT2D eigenvalue weighted by atomic mass is 32.1. The average molecular weight is 263 g/mol. The Hall–Kier alpha value is -0.670. The smallest absolute Gasteiger partial charge is 0.149 e. The lowest BCUT2D eigenvalue weighted by molar-refractivity contribution is -0.124. The molecular weight excluding hydrogens is 242 g/mol. The van der Waals surface area contributed by atoms with E-state index in [1.165, 1.54) is 30.6 Å². The maximum Gasteiger partial charge on any atom is 0.149 e. The minimum absolute atomic E-state index is 0.210. The van der Waals surface area contributed by atoms with E-state index in [1.54, 1.807) is 0 Å². The summed E-state index contributed by atoms with van der Waals surface area (Å²) in [5.74, 6) is 0.496. The monoisotopic (exact) mass is 263 g/mol. The summed E-state index contributed by atoms with van der Waals surface area (Å²) in [6.07, 6.45) is 8.03. The summed E-state index contributed by atoms with van der Waals surface area (Å²) in [5.41, 5.74) is 0. The van der Waals surface area contributed by atoms with Gasteiger partial charge in [0.15, 0.2) is 0 Å². The van der Waals surface area contributed by atoms with Crippen LogP contribution in [0, 0.1) is 0 Å². The highest BCUT2D eigenvalue weighted by Crippen LogP contribution is 2.34. The van der Waals surface area contributed by atoms with Crippen LogP contribution in [0.5, 0.6) is 0 Å². The van der Waals surface area contributed by atoms with Gasteiger partial charge in [-0.05, 0) is 37.1 Å². The first-order valence-corrected chi connectivity index (χ1v) is 8.03. The van der Waals surface area contributed by atoms with Crippen LogP contribution in [0.4, 0.5) is 0 Å². The molecular formula is C15H21NOS. The molecule has 2 aliphatic rings. The summed E-state index contributed by atoms with van der Waals surface area (Å²) in [4.78, 5) is 16.2. The first kappa shape index (κ1) is 12.4. The molecule has 1 unspecified atom stereocenters. The minimum Gasteiger partial charge on any atom is -0.298 e. The lowest BCUT2D eigenvalue weighted by Gasteiger charge is -2.29. The van der Waals surface area contributed by atoms with Crippen molar-refractivity contribution in [2.24, 2.45) is 0 Å². The predicted molar refractivity (Wildman–Crippen MR) is 74.8 cm³/mol. The number of hydrogen-bond donors (Lipinski definition) is 0. The van der Waals surface area contributed by atoms with E-state index < -0.39 is 0 Å². The van der Waals surface area contributed by atoms with E-state index in [-0.39, 0.29) is 6.04 Å². The highest BCUT2D eigenvalue weighted by molar-refractivity contribution is 7.09. The Morgan fingerprint density at radius 3 is 2.83 bits per heavy atom. The molecule has 18 heavy (non-hydrogen) atoms. The summed E-state index contributed by atoms with van der Waals surface area (Å²) in [6, 6.07) is 5.20. The number of carbonyl (C=O) groups is 1. The van der Waals surface area contributed by atoms with Crippen LogP contribution < -0.4 is 0 Å². The van der Waals surface area contributed by atoms with E-state index in [0.717, 1.165) is 25.8 Å². The average Bonchev–Trinajstić information content (AvgIpc) is 3.12. The number of hydrogen-bond acceptors (Lipinski definition) is 3. The Balaban J connectivity index is 1.73. The van der Waals surface area contributed by atoms with Gasteiger partial charge in [0, 0.05) is 23.9 Å². The molecule has 0 saturated heterocycles. The summed E-state index contributed by atoms with van der Waals surface area (Å²) in [7, 11) is 0. The highest BCUT2D eigenvalue weighted by Gasteiger charge is 2.37. The number of carbonyl (C=O) groups excluding carboxylic acids is 1. The van der Waals surface area contributed by atoms with Crippen molar-refractivity contribution in [3.63, 3.8) is 0 Å². The van der Waals surface area contributed by atoms with Gasteiger partial charge in [-0.15, -0.1) is 11.3 Å². The summed E-state index contributed by atoms with van der Waals surface area (Å²) < 4.78 is 0. The third-order valence-electron chi connectivity index (χ3n) is 4.11. The van der Waals surface area contributed by atoms with Gasteiger partial charge >= 0.3 is 0 Å². The predicted octanol–water partition coefficient (Wildman–Crippen LogP) is 3.61. The molecule has 3 heteroatoms. The summed E-state index contributed by atoms with van der Waals surface area (Å²) >= 11 is 1.81. The standard InChI is InChI=1S/C15H21NOS/c17-15-7-3-1-2-6-14(15)16(12-8-9-12)11-13-5-4-10-18-13/h4-5,10,12,14H,1-3,6-9,11H2. The molecule has 0 radical (unpaired) electrons. The van der Waals surface area contributed by atoms with Gasteiger partial charge in [0.05, 0.1) is 6.04 Å². The number of nitrogens with zero attached hydrogens (tertiary/aromatic N) is 1. The second-order valence-corrected chi connectivity index (χ2v) is 6.60. The van der Waals surface area contributed by atoms with Crippen LogP contribution in [0.25, 0.3) is 0 Å². The van der Waals surface area contributed by atoms with Crippen LogP contribution in [0.15, 0.2) is 17.5 Å². The second-order valence-electron chi connectivity index (χ2n) is 5.56. The molecule has 2 fully saturated rings. The minimum atomic E-state index is 0.210. The van der Waals surface area contributed by atoms with Gasteiger partial charge in [-0.3, -0.25) is 9.69 Å². The number of rotatable bonds is 4. The Kier molecular flexibility index (Phi) is 3.80.